The third-order valence-corrected chi connectivity index (χ3v) is 6.44. The summed E-state index contributed by atoms with van der Waals surface area (Å²) in [5.74, 6) is 1.26. The van der Waals surface area contributed by atoms with Gasteiger partial charge in [-0.3, -0.25) is 4.79 Å². The summed E-state index contributed by atoms with van der Waals surface area (Å²) in [5.41, 5.74) is 3.29. The van der Waals surface area contributed by atoms with Gasteiger partial charge >= 0.3 is 0 Å². The average molecular weight is 280 g/mol. The van der Waals surface area contributed by atoms with Crippen molar-refractivity contribution in [3.8, 4) is 0 Å². The highest BCUT2D eigenvalue weighted by atomic mass is 16.1. The molecule has 0 aromatic heterocycles. The Morgan fingerprint density at radius 2 is 1.76 bits per heavy atom. The van der Waals surface area contributed by atoms with Gasteiger partial charge in [0.15, 0.2) is 0 Å². The van der Waals surface area contributed by atoms with Crippen molar-refractivity contribution in [2.75, 3.05) is 0 Å². The second-order valence-electron chi connectivity index (χ2n) is 8.08. The van der Waals surface area contributed by atoms with Crippen LogP contribution in [0.1, 0.15) is 51.5 Å². The zero-order valence-corrected chi connectivity index (χ0v) is 13.2. The number of allylic oxidation sites excluding steroid dienone is 2. The SMILES string of the molecule is CC1(C)CCCC2(C)C1=CC1C(=O)C2C1c1ccccc1. The van der Waals surface area contributed by atoms with Crippen molar-refractivity contribution < 1.29 is 4.79 Å². The van der Waals surface area contributed by atoms with Crippen LogP contribution < -0.4 is 0 Å². The predicted octanol–water partition coefficient (Wildman–Crippen LogP) is 4.74. The second-order valence-corrected chi connectivity index (χ2v) is 8.08. The van der Waals surface area contributed by atoms with Crippen LogP contribution in [0, 0.1) is 22.7 Å². The summed E-state index contributed by atoms with van der Waals surface area (Å²) >= 11 is 0. The van der Waals surface area contributed by atoms with E-state index in [0.29, 0.717) is 11.7 Å². The van der Waals surface area contributed by atoms with Crippen molar-refractivity contribution in [3.63, 3.8) is 0 Å². The summed E-state index contributed by atoms with van der Waals surface area (Å²) in [6, 6.07) is 10.7. The number of ketones is 1. The van der Waals surface area contributed by atoms with Gasteiger partial charge in [-0.2, -0.15) is 0 Å². The minimum atomic E-state index is 0.0914. The van der Waals surface area contributed by atoms with Crippen LogP contribution in [0.4, 0.5) is 0 Å². The Labute approximate surface area is 127 Å². The maximum absolute atomic E-state index is 12.7. The summed E-state index contributed by atoms with van der Waals surface area (Å²) in [6.45, 7) is 7.08. The third kappa shape index (κ3) is 1.61. The van der Waals surface area contributed by atoms with Crippen molar-refractivity contribution in [1.82, 2.24) is 0 Å². The molecule has 1 aromatic carbocycles. The molecule has 2 saturated carbocycles. The van der Waals surface area contributed by atoms with Crippen LogP contribution in [-0.2, 0) is 4.79 Å². The molecule has 0 saturated heterocycles. The number of Topliss-reactive ketones (excluding diaryl/α,β-unsaturated/α-hetero) is 1. The van der Waals surface area contributed by atoms with E-state index in [1.807, 2.05) is 0 Å². The second kappa shape index (κ2) is 4.09. The van der Waals surface area contributed by atoms with Gasteiger partial charge in [0, 0.05) is 17.8 Å². The van der Waals surface area contributed by atoms with Crippen molar-refractivity contribution in [3.05, 3.63) is 47.5 Å². The fourth-order valence-electron chi connectivity index (χ4n) is 5.48. The third-order valence-electron chi connectivity index (χ3n) is 6.44. The van der Waals surface area contributed by atoms with E-state index in [9.17, 15) is 4.79 Å². The Morgan fingerprint density at radius 1 is 1.05 bits per heavy atom. The summed E-state index contributed by atoms with van der Waals surface area (Å²) in [6.07, 6.45) is 6.04. The zero-order chi connectivity index (χ0) is 14.8. The molecule has 4 aliphatic rings. The fourth-order valence-corrected chi connectivity index (χ4v) is 5.48. The van der Waals surface area contributed by atoms with Crippen LogP contribution in [0.2, 0.25) is 0 Å². The lowest BCUT2D eigenvalue weighted by Crippen LogP contribution is -2.59. The number of hydrogen-bond donors (Lipinski definition) is 0. The van der Waals surface area contributed by atoms with Gasteiger partial charge in [0.1, 0.15) is 5.78 Å². The lowest BCUT2D eigenvalue weighted by Gasteiger charge is -2.61. The zero-order valence-electron chi connectivity index (χ0n) is 13.2. The minimum absolute atomic E-state index is 0.0914. The summed E-state index contributed by atoms with van der Waals surface area (Å²) < 4.78 is 0. The van der Waals surface area contributed by atoms with E-state index in [1.165, 1.54) is 24.8 Å². The largest absolute Gasteiger partial charge is 0.299 e. The van der Waals surface area contributed by atoms with Gasteiger partial charge < -0.3 is 0 Å². The fraction of sp³-hybridized carbons (Fsp3) is 0.550. The first-order valence-electron chi connectivity index (χ1n) is 8.27. The molecule has 1 nitrogen and oxygen atoms in total. The Bertz CT molecular complexity index is 624. The molecule has 110 valence electrons. The van der Waals surface area contributed by atoms with Gasteiger partial charge in [-0.15, -0.1) is 0 Å². The molecule has 5 rings (SSSR count). The summed E-state index contributed by atoms with van der Waals surface area (Å²) in [7, 11) is 0. The number of carbonyl (C=O) groups is 1. The maximum atomic E-state index is 12.7. The molecule has 4 aliphatic carbocycles. The van der Waals surface area contributed by atoms with Crippen LogP contribution in [0.25, 0.3) is 0 Å². The van der Waals surface area contributed by atoms with Crippen LogP contribution in [0.15, 0.2) is 42.0 Å². The molecule has 0 N–H and O–H groups in total. The van der Waals surface area contributed by atoms with Gasteiger partial charge in [0.2, 0.25) is 0 Å². The molecule has 2 bridgehead atoms. The monoisotopic (exact) mass is 280 g/mol. The Kier molecular flexibility index (Phi) is 2.59. The van der Waals surface area contributed by atoms with Crippen LogP contribution in [-0.4, -0.2) is 5.78 Å². The molecule has 0 aliphatic heterocycles. The molecular formula is C20H24O. The molecule has 1 heteroatoms. The van der Waals surface area contributed by atoms with Gasteiger partial charge in [-0.05, 0) is 29.2 Å². The van der Waals surface area contributed by atoms with Crippen LogP contribution >= 0.6 is 0 Å². The smallest absolute Gasteiger partial charge is 0.144 e. The Morgan fingerprint density at radius 3 is 2.48 bits per heavy atom. The quantitative estimate of drug-likeness (QED) is 0.679. The lowest BCUT2D eigenvalue weighted by molar-refractivity contribution is -0.145. The minimum Gasteiger partial charge on any atom is -0.299 e. The van der Waals surface area contributed by atoms with E-state index in [1.54, 1.807) is 5.57 Å². The van der Waals surface area contributed by atoms with E-state index in [-0.39, 0.29) is 22.7 Å². The van der Waals surface area contributed by atoms with Crippen molar-refractivity contribution in [2.24, 2.45) is 22.7 Å². The van der Waals surface area contributed by atoms with E-state index < -0.39 is 0 Å². The molecule has 0 heterocycles. The van der Waals surface area contributed by atoms with Crippen molar-refractivity contribution in [1.29, 1.82) is 0 Å². The highest BCUT2D eigenvalue weighted by Crippen LogP contribution is 2.67. The maximum Gasteiger partial charge on any atom is 0.144 e. The molecule has 0 radical (unpaired) electrons. The van der Waals surface area contributed by atoms with E-state index >= 15 is 0 Å². The van der Waals surface area contributed by atoms with Crippen LogP contribution in [0.3, 0.4) is 0 Å². The number of carbonyl (C=O) groups excluding carboxylic acids is 1. The highest BCUT2D eigenvalue weighted by Gasteiger charge is 2.63. The first kappa shape index (κ1) is 13.3. The van der Waals surface area contributed by atoms with E-state index in [0.717, 1.165) is 0 Å². The Hall–Kier alpha value is -1.37. The highest BCUT2D eigenvalue weighted by molar-refractivity contribution is 5.96. The predicted molar refractivity (Wildman–Crippen MR) is 85.0 cm³/mol. The topological polar surface area (TPSA) is 17.1 Å². The molecule has 2 fully saturated rings. The van der Waals surface area contributed by atoms with Gasteiger partial charge in [0.05, 0.1) is 0 Å². The average Bonchev–Trinajstić information content (AvgIpc) is 2.44. The molecule has 1 aromatic rings. The molecule has 0 spiro atoms. The van der Waals surface area contributed by atoms with Gasteiger partial charge in [0.25, 0.3) is 0 Å². The van der Waals surface area contributed by atoms with Crippen LogP contribution in [0.5, 0.6) is 0 Å². The first-order chi connectivity index (χ1) is 9.95. The lowest BCUT2D eigenvalue weighted by atomic mass is 9.41. The molecular weight excluding hydrogens is 256 g/mol. The molecule has 4 atom stereocenters. The van der Waals surface area contributed by atoms with Crippen molar-refractivity contribution in [2.45, 2.75) is 46.0 Å². The van der Waals surface area contributed by atoms with Gasteiger partial charge in [-0.25, -0.2) is 0 Å². The van der Waals surface area contributed by atoms with Gasteiger partial charge in [-0.1, -0.05) is 69.2 Å². The summed E-state index contributed by atoms with van der Waals surface area (Å²) in [5, 5.41) is 0. The number of benzene rings is 1. The Balaban J connectivity index is 1.83. The van der Waals surface area contributed by atoms with Crippen molar-refractivity contribution >= 4 is 5.78 Å². The molecule has 4 unspecified atom stereocenters. The summed E-state index contributed by atoms with van der Waals surface area (Å²) in [4.78, 5) is 12.7. The van der Waals surface area contributed by atoms with E-state index in [4.69, 9.17) is 0 Å². The number of hydrogen-bond acceptors (Lipinski definition) is 1. The van der Waals surface area contributed by atoms with E-state index in [2.05, 4.69) is 57.2 Å². The normalized spacial score (nSPS) is 40.0. The number of rotatable bonds is 1. The molecule has 0 amide bonds. The standard InChI is InChI=1S/C20H24O/c1-19(2)10-7-11-20(3)15(19)12-14-16(17(20)18(14)21)13-8-5-4-6-9-13/h4-6,8-9,12,14,16-17H,7,10-11H2,1-3H3. The first-order valence-corrected chi connectivity index (χ1v) is 8.27. The molecule has 21 heavy (non-hydrogen) atoms.